The van der Waals surface area contributed by atoms with Crippen molar-refractivity contribution in [3.63, 3.8) is 0 Å². The van der Waals surface area contributed by atoms with Gasteiger partial charge in [0.05, 0.1) is 24.8 Å². The molecular formula is C30H37N3O6S. The highest BCUT2D eigenvalue weighted by molar-refractivity contribution is 7.92. The van der Waals surface area contributed by atoms with E-state index in [2.05, 4.69) is 5.32 Å². The predicted molar refractivity (Wildman–Crippen MR) is 155 cm³/mol. The quantitative estimate of drug-likeness (QED) is 0.333. The second-order valence-corrected chi connectivity index (χ2v) is 11.2. The van der Waals surface area contributed by atoms with Crippen molar-refractivity contribution in [2.75, 3.05) is 31.6 Å². The van der Waals surface area contributed by atoms with E-state index in [1.165, 1.54) is 37.3 Å². The first-order chi connectivity index (χ1) is 19.1. The van der Waals surface area contributed by atoms with Crippen LogP contribution in [0.2, 0.25) is 0 Å². The highest BCUT2D eigenvalue weighted by Crippen LogP contribution is 2.32. The molecule has 3 aromatic carbocycles. The van der Waals surface area contributed by atoms with Crippen LogP contribution >= 0.6 is 0 Å². The first-order valence-electron chi connectivity index (χ1n) is 13.0. The van der Waals surface area contributed by atoms with Gasteiger partial charge in [0.2, 0.25) is 11.8 Å². The fourth-order valence-electron chi connectivity index (χ4n) is 4.10. The maximum Gasteiger partial charge on any atom is 0.264 e. The summed E-state index contributed by atoms with van der Waals surface area (Å²) >= 11 is 0. The smallest absolute Gasteiger partial charge is 0.264 e. The van der Waals surface area contributed by atoms with Gasteiger partial charge in [0.1, 0.15) is 12.6 Å². The lowest BCUT2D eigenvalue weighted by atomic mass is 10.1. The van der Waals surface area contributed by atoms with E-state index in [-0.39, 0.29) is 23.1 Å². The molecule has 0 fully saturated rings. The minimum absolute atomic E-state index is 0.0689. The molecule has 3 rings (SSSR count). The molecule has 0 aliphatic heterocycles. The summed E-state index contributed by atoms with van der Waals surface area (Å²) in [5, 5.41) is 2.84. The lowest BCUT2D eigenvalue weighted by molar-refractivity contribution is -0.139. The Labute approximate surface area is 236 Å². The molecule has 0 aliphatic rings. The number of nitrogens with one attached hydrogen (secondary N) is 1. The number of rotatable bonds is 13. The number of methoxy groups -OCH3 is 2. The molecule has 2 amide bonds. The summed E-state index contributed by atoms with van der Waals surface area (Å²) in [5.41, 5.74) is 2.19. The first kappa shape index (κ1) is 30.5. The van der Waals surface area contributed by atoms with Crippen LogP contribution in [0.15, 0.2) is 77.7 Å². The van der Waals surface area contributed by atoms with Crippen molar-refractivity contribution in [2.24, 2.45) is 0 Å². The topological polar surface area (TPSA) is 105 Å². The maximum absolute atomic E-state index is 14.0. The van der Waals surface area contributed by atoms with Crippen molar-refractivity contribution in [1.82, 2.24) is 10.2 Å². The van der Waals surface area contributed by atoms with E-state index < -0.39 is 28.5 Å². The molecule has 1 unspecified atom stereocenters. The zero-order chi connectivity index (χ0) is 29.3. The van der Waals surface area contributed by atoms with Crippen molar-refractivity contribution in [1.29, 1.82) is 0 Å². The molecule has 0 saturated heterocycles. The fourth-order valence-corrected chi connectivity index (χ4v) is 5.53. The highest BCUT2D eigenvalue weighted by atomic mass is 32.2. The third kappa shape index (κ3) is 7.32. The monoisotopic (exact) mass is 567 g/mol. The number of hydrogen-bond donors (Lipinski definition) is 1. The average Bonchev–Trinajstić information content (AvgIpc) is 2.97. The van der Waals surface area contributed by atoms with Gasteiger partial charge in [-0.2, -0.15) is 0 Å². The number of hydrogen-bond acceptors (Lipinski definition) is 6. The van der Waals surface area contributed by atoms with E-state index >= 15 is 0 Å². The predicted octanol–water partition coefficient (Wildman–Crippen LogP) is 4.15. The van der Waals surface area contributed by atoms with Crippen LogP contribution < -0.4 is 19.1 Å². The van der Waals surface area contributed by atoms with Crippen LogP contribution in [-0.4, -0.2) is 58.5 Å². The van der Waals surface area contributed by atoms with Crippen LogP contribution in [0.4, 0.5) is 5.69 Å². The summed E-state index contributed by atoms with van der Waals surface area (Å²) in [6, 6.07) is 19.5. The Bertz CT molecular complexity index is 1390. The van der Waals surface area contributed by atoms with Gasteiger partial charge in [0, 0.05) is 19.2 Å². The minimum Gasteiger partial charge on any atom is -0.493 e. The van der Waals surface area contributed by atoms with Crippen molar-refractivity contribution in [2.45, 2.75) is 44.7 Å². The van der Waals surface area contributed by atoms with Crippen molar-refractivity contribution in [3.05, 3.63) is 83.9 Å². The number of aryl methyl sites for hydroxylation is 1. The van der Waals surface area contributed by atoms with Crippen LogP contribution in [0.5, 0.6) is 11.5 Å². The molecular weight excluding hydrogens is 530 g/mol. The van der Waals surface area contributed by atoms with Crippen LogP contribution in [-0.2, 0) is 26.2 Å². The van der Waals surface area contributed by atoms with Gasteiger partial charge in [-0.15, -0.1) is 0 Å². The largest absolute Gasteiger partial charge is 0.493 e. The molecule has 0 aromatic heterocycles. The summed E-state index contributed by atoms with van der Waals surface area (Å²) in [4.78, 5) is 28.2. The molecule has 0 radical (unpaired) electrons. The van der Waals surface area contributed by atoms with E-state index in [1.807, 2.05) is 38.1 Å². The van der Waals surface area contributed by atoms with Crippen molar-refractivity contribution in [3.8, 4) is 11.5 Å². The van der Waals surface area contributed by atoms with Gasteiger partial charge >= 0.3 is 0 Å². The second kappa shape index (κ2) is 13.8. The van der Waals surface area contributed by atoms with E-state index in [4.69, 9.17) is 9.47 Å². The SMILES string of the molecule is CCCNC(=O)C(C)N(Cc1ccc(C)cc1)C(=O)CN(c1ccccc1)S(=O)(=O)c1ccc(OC)c(OC)c1. The lowest BCUT2D eigenvalue weighted by Gasteiger charge is -2.32. The van der Waals surface area contributed by atoms with Crippen LogP contribution in [0.1, 0.15) is 31.4 Å². The number of ether oxygens (including phenoxy) is 2. The Morgan fingerprint density at radius 3 is 2.17 bits per heavy atom. The molecule has 0 saturated carbocycles. The molecule has 0 spiro atoms. The minimum atomic E-state index is -4.23. The van der Waals surface area contributed by atoms with Crippen LogP contribution in [0.3, 0.4) is 0 Å². The Balaban J connectivity index is 2.02. The summed E-state index contributed by atoms with van der Waals surface area (Å²) < 4.78 is 39.6. The summed E-state index contributed by atoms with van der Waals surface area (Å²) in [6.45, 7) is 5.64. The Kier molecular flexibility index (Phi) is 10.6. The normalized spacial score (nSPS) is 11.8. The van der Waals surface area contributed by atoms with E-state index in [1.54, 1.807) is 37.3 Å². The number of carbonyl (C=O) groups is 2. The third-order valence-electron chi connectivity index (χ3n) is 6.46. The molecule has 10 heteroatoms. The number of carbonyl (C=O) groups excluding carboxylic acids is 2. The fraction of sp³-hybridized carbons (Fsp3) is 0.333. The van der Waals surface area contributed by atoms with Gasteiger partial charge in [-0.25, -0.2) is 8.42 Å². The average molecular weight is 568 g/mol. The number of benzene rings is 3. The molecule has 0 heterocycles. The van der Waals surface area contributed by atoms with Crippen LogP contribution in [0, 0.1) is 6.92 Å². The number of para-hydroxylation sites is 1. The zero-order valence-electron chi connectivity index (χ0n) is 23.6. The van der Waals surface area contributed by atoms with Gasteiger partial charge in [0.15, 0.2) is 11.5 Å². The number of sulfonamides is 1. The molecule has 1 atom stereocenters. The van der Waals surface area contributed by atoms with Gasteiger partial charge < -0.3 is 19.7 Å². The lowest BCUT2D eigenvalue weighted by Crippen LogP contribution is -2.51. The standard InChI is InChI=1S/C30H37N3O6S/c1-6-18-31-30(35)23(3)32(20-24-14-12-22(2)13-15-24)29(34)21-33(25-10-8-7-9-11-25)40(36,37)26-16-17-27(38-4)28(19-26)39-5/h7-17,19,23H,6,18,20-21H2,1-5H3,(H,31,35). The van der Waals surface area contributed by atoms with Gasteiger partial charge in [-0.3, -0.25) is 13.9 Å². The molecule has 3 aromatic rings. The number of nitrogens with zero attached hydrogens (tertiary/aromatic N) is 2. The molecule has 0 bridgehead atoms. The van der Waals surface area contributed by atoms with Crippen LogP contribution in [0.25, 0.3) is 0 Å². The number of amides is 2. The molecule has 9 nitrogen and oxygen atoms in total. The molecule has 1 N–H and O–H groups in total. The third-order valence-corrected chi connectivity index (χ3v) is 8.23. The molecule has 40 heavy (non-hydrogen) atoms. The van der Waals surface area contributed by atoms with Gasteiger partial charge in [-0.05, 0) is 50.1 Å². The van der Waals surface area contributed by atoms with E-state index in [0.29, 0.717) is 18.0 Å². The Hall–Kier alpha value is -4.05. The Morgan fingerprint density at radius 1 is 0.925 bits per heavy atom. The summed E-state index contributed by atoms with van der Waals surface area (Å²) in [7, 11) is -1.35. The molecule has 0 aliphatic carbocycles. The van der Waals surface area contributed by atoms with Gasteiger partial charge in [-0.1, -0.05) is 55.0 Å². The summed E-state index contributed by atoms with van der Waals surface area (Å²) in [6.07, 6.45) is 0.746. The van der Waals surface area contributed by atoms with E-state index in [9.17, 15) is 18.0 Å². The molecule has 214 valence electrons. The van der Waals surface area contributed by atoms with Crippen molar-refractivity contribution >= 4 is 27.5 Å². The maximum atomic E-state index is 14.0. The van der Waals surface area contributed by atoms with E-state index in [0.717, 1.165) is 21.9 Å². The zero-order valence-corrected chi connectivity index (χ0v) is 24.4. The van der Waals surface area contributed by atoms with Gasteiger partial charge in [0.25, 0.3) is 10.0 Å². The number of anilines is 1. The first-order valence-corrected chi connectivity index (χ1v) is 14.5. The Morgan fingerprint density at radius 2 is 1.57 bits per heavy atom. The summed E-state index contributed by atoms with van der Waals surface area (Å²) in [5.74, 6) is -0.214. The second-order valence-electron chi connectivity index (χ2n) is 9.34. The highest BCUT2D eigenvalue weighted by Gasteiger charge is 2.33. The van der Waals surface area contributed by atoms with Crippen molar-refractivity contribution < 1.29 is 27.5 Å².